The van der Waals surface area contributed by atoms with Crippen molar-refractivity contribution in [2.75, 3.05) is 6.54 Å². The molecule has 0 bridgehead atoms. The number of fused-ring (bicyclic) bond motifs is 1. The highest BCUT2D eigenvalue weighted by Gasteiger charge is 2.52. The molecule has 2 fully saturated rings. The van der Waals surface area contributed by atoms with E-state index in [0.717, 1.165) is 27.9 Å². The van der Waals surface area contributed by atoms with Crippen LogP contribution in [0.3, 0.4) is 0 Å². The fourth-order valence-electron chi connectivity index (χ4n) is 3.88. The van der Waals surface area contributed by atoms with Gasteiger partial charge in [0.2, 0.25) is 0 Å². The summed E-state index contributed by atoms with van der Waals surface area (Å²) in [7, 11) is 0. The van der Waals surface area contributed by atoms with Gasteiger partial charge in [-0.1, -0.05) is 36.7 Å². The van der Waals surface area contributed by atoms with Gasteiger partial charge in [-0.25, -0.2) is 4.79 Å². The molecule has 10 heteroatoms. The van der Waals surface area contributed by atoms with E-state index >= 15 is 0 Å². The van der Waals surface area contributed by atoms with Crippen LogP contribution < -0.4 is 16.1 Å². The van der Waals surface area contributed by atoms with Crippen LogP contribution in [0.4, 0.5) is 4.79 Å². The van der Waals surface area contributed by atoms with E-state index in [-0.39, 0.29) is 0 Å². The average Bonchev–Trinajstić information content (AvgIpc) is 3.18. The van der Waals surface area contributed by atoms with Gasteiger partial charge >= 0.3 is 6.03 Å². The summed E-state index contributed by atoms with van der Waals surface area (Å²) in [5.41, 5.74) is 1.36. The second-order valence-corrected chi connectivity index (χ2v) is 9.22. The third-order valence-corrected chi connectivity index (χ3v) is 7.35. The summed E-state index contributed by atoms with van der Waals surface area (Å²) in [6, 6.07) is 6.70. The Balaban J connectivity index is 1.36. The van der Waals surface area contributed by atoms with Gasteiger partial charge in [0, 0.05) is 10.1 Å². The Labute approximate surface area is 181 Å². The topological polar surface area (TPSA) is 108 Å². The van der Waals surface area contributed by atoms with Crippen LogP contribution in [0.25, 0.3) is 10.1 Å². The normalized spacial score (nSPS) is 23.7. The van der Waals surface area contributed by atoms with Crippen molar-refractivity contribution < 1.29 is 19.2 Å². The van der Waals surface area contributed by atoms with Crippen LogP contribution in [0.15, 0.2) is 24.3 Å². The van der Waals surface area contributed by atoms with Crippen molar-refractivity contribution in [3.63, 3.8) is 0 Å². The first kappa shape index (κ1) is 20.6. The lowest BCUT2D eigenvalue weighted by Crippen LogP contribution is -2.52. The van der Waals surface area contributed by atoms with Gasteiger partial charge < -0.3 is 10.6 Å². The van der Waals surface area contributed by atoms with Crippen LogP contribution >= 0.6 is 22.9 Å². The molecule has 30 heavy (non-hydrogen) atoms. The van der Waals surface area contributed by atoms with E-state index in [1.54, 1.807) is 0 Å². The lowest BCUT2D eigenvalue weighted by molar-refractivity contribution is -0.139. The molecule has 0 unspecified atom stereocenters. The summed E-state index contributed by atoms with van der Waals surface area (Å²) < 4.78 is 0.864. The SMILES string of the molecule is CC1CCC2(CC1)NC(=O)N(NC(=O)CNC(=O)c1sc3ccccc3c1Cl)C2=O. The molecule has 1 aliphatic carbocycles. The molecule has 2 aromatic rings. The highest BCUT2D eigenvalue weighted by Crippen LogP contribution is 2.36. The molecule has 1 saturated heterocycles. The number of carbonyl (C=O) groups is 4. The summed E-state index contributed by atoms with van der Waals surface area (Å²) in [4.78, 5) is 50.1. The zero-order valence-corrected chi connectivity index (χ0v) is 17.9. The van der Waals surface area contributed by atoms with Crippen molar-refractivity contribution in [3.05, 3.63) is 34.2 Å². The molecule has 158 valence electrons. The summed E-state index contributed by atoms with van der Waals surface area (Å²) in [5.74, 6) is -1.12. The predicted octanol–water partition coefficient (Wildman–Crippen LogP) is 2.82. The van der Waals surface area contributed by atoms with E-state index in [4.69, 9.17) is 11.6 Å². The molecule has 8 nitrogen and oxygen atoms in total. The van der Waals surface area contributed by atoms with Crippen molar-refractivity contribution in [1.82, 2.24) is 21.1 Å². The lowest BCUT2D eigenvalue weighted by atomic mass is 9.77. The van der Waals surface area contributed by atoms with Gasteiger partial charge in [0.25, 0.3) is 17.7 Å². The summed E-state index contributed by atoms with van der Waals surface area (Å²) >= 11 is 7.51. The Hall–Kier alpha value is -2.65. The molecule has 1 aliphatic heterocycles. The second-order valence-electron chi connectivity index (χ2n) is 7.79. The molecule has 5 amide bonds. The van der Waals surface area contributed by atoms with E-state index < -0.39 is 35.8 Å². The number of amides is 5. The Bertz CT molecular complexity index is 1040. The highest BCUT2D eigenvalue weighted by molar-refractivity contribution is 7.21. The van der Waals surface area contributed by atoms with Crippen LogP contribution in [-0.4, -0.2) is 40.8 Å². The number of benzene rings is 1. The minimum absolute atomic E-state index is 0.302. The Kier molecular flexibility index (Phi) is 5.42. The fourth-order valence-corrected chi connectivity index (χ4v) is 5.31. The van der Waals surface area contributed by atoms with E-state index in [0.29, 0.717) is 28.7 Å². The van der Waals surface area contributed by atoms with E-state index in [1.165, 1.54) is 11.3 Å². The number of imide groups is 1. The van der Waals surface area contributed by atoms with Crippen LogP contribution in [-0.2, 0) is 9.59 Å². The molecule has 0 radical (unpaired) electrons. The van der Waals surface area contributed by atoms with E-state index in [1.807, 2.05) is 24.3 Å². The first-order chi connectivity index (χ1) is 14.3. The van der Waals surface area contributed by atoms with Gasteiger partial charge in [0.1, 0.15) is 10.4 Å². The molecular weight excluding hydrogens is 428 g/mol. The number of rotatable bonds is 4. The van der Waals surface area contributed by atoms with Gasteiger partial charge in [-0.2, -0.15) is 5.01 Å². The van der Waals surface area contributed by atoms with Gasteiger partial charge in [0.15, 0.2) is 0 Å². The number of thiophene rings is 1. The zero-order chi connectivity index (χ0) is 21.5. The summed E-state index contributed by atoms with van der Waals surface area (Å²) in [5, 5.41) is 7.03. The van der Waals surface area contributed by atoms with Gasteiger partial charge in [-0.3, -0.25) is 19.8 Å². The van der Waals surface area contributed by atoms with Crippen LogP contribution in [0.1, 0.15) is 42.3 Å². The fraction of sp³-hybridized carbons (Fsp3) is 0.400. The second kappa shape index (κ2) is 7.88. The average molecular weight is 449 g/mol. The molecule has 2 heterocycles. The Morgan fingerprint density at radius 2 is 1.97 bits per heavy atom. The Morgan fingerprint density at radius 1 is 1.27 bits per heavy atom. The molecule has 1 aromatic carbocycles. The largest absolute Gasteiger partial charge is 0.344 e. The van der Waals surface area contributed by atoms with Gasteiger partial charge in [0.05, 0.1) is 11.6 Å². The molecule has 1 spiro atoms. The quantitative estimate of drug-likeness (QED) is 0.625. The van der Waals surface area contributed by atoms with Crippen molar-refractivity contribution in [3.8, 4) is 0 Å². The number of urea groups is 1. The maximum Gasteiger partial charge on any atom is 0.344 e. The zero-order valence-electron chi connectivity index (χ0n) is 16.3. The van der Waals surface area contributed by atoms with Crippen molar-refractivity contribution in [2.24, 2.45) is 5.92 Å². The summed E-state index contributed by atoms with van der Waals surface area (Å²) in [6.07, 6.45) is 2.76. The van der Waals surface area contributed by atoms with Crippen molar-refractivity contribution >= 4 is 56.8 Å². The first-order valence-electron chi connectivity index (χ1n) is 9.72. The smallest absolute Gasteiger partial charge is 0.342 e. The minimum atomic E-state index is -0.940. The number of nitrogens with one attached hydrogen (secondary N) is 3. The molecule has 4 rings (SSSR count). The molecule has 1 aromatic heterocycles. The third kappa shape index (κ3) is 3.63. The highest BCUT2D eigenvalue weighted by atomic mass is 35.5. The van der Waals surface area contributed by atoms with Crippen LogP contribution in [0.5, 0.6) is 0 Å². The van der Waals surface area contributed by atoms with Crippen LogP contribution in [0, 0.1) is 5.92 Å². The first-order valence-corrected chi connectivity index (χ1v) is 10.9. The molecule has 1 saturated carbocycles. The molecule has 0 atom stereocenters. The van der Waals surface area contributed by atoms with E-state index in [2.05, 4.69) is 23.0 Å². The predicted molar refractivity (Wildman–Crippen MR) is 113 cm³/mol. The number of carbonyl (C=O) groups excluding carboxylic acids is 4. The molecule has 3 N–H and O–H groups in total. The Morgan fingerprint density at radius 3 is 2.67 bits per heavy atom. The third-order valence-electron chi connectivity index (χ3n) is 5.68. The van der Waals surface area contributed by atoms with Crippen molar-refractivity contribution in [2.45, 2.75) is 38.1 Å². The minimum Gasteiger partial charge on any atom is -0.342 e. The molecular formula is C20H21ClN4O4S. The maximum absolute atomic E-state index is 12.8. The number of hydrazine groups is 1. The van der Waals surface area contributed by atoms with Crippen molar-refractivity contribution in [1.29, 1.82) is 0 Å². The van der Waals surface area contributed by atoms with Gasteiger partial charge in [-0.15, -0.1) is 11.3 Å². The number of hydrogen-bond acceptors (Lipinski definition) is 5. The summed E-state index contributed by atoms with van der Waals surface area (Å²) in [6.45, 7) is 1.71. The molecule has 2 aliphatic rings. The lowest BCUT2D eigenvalue weighted by Gasteiger charge is -2.33. The number of hydrogen-bond donors (Lipinski definition) is 3. The number of nitrogens with zero attached hydrogens (tertiary/aromatic N) is 1. The van der Waals surface area contributed by atoms with E-state index in [9.17, 15) is 19.2 Å². The monoisotopic (exact) mass is 448 g/mol. The number of halogens is 1. The van der Waals surface area contributed by atoms with Gasteiger partial charge in [-0.05, 0) is 37.7 Å². The van der Waals surface area contributed by atoms with Crippen LogP contribution in [0.2, 0.25) is 5.02 Å². The standard InChI is InChI=1S/C20H21ClN4O4S/c1-11-6-8-20(9-7-11)18(28)25(19(29)23-20)24-14(26)10-22-17(27)16-15(21)12-4-2-3-5-13(12)30-16/h2-5,11H,6-10H2,1H3,(H,22,27)(H,23,29)(H,24,26). The maximum atomic E-state index is 12.8.